The van der Waals surface area contributed by atoms with Crippen molar-refractivity contribution in [2.45, 2.75) is 84.0 Å². The number of piperidine rings is 1. The van der Waals surface area contributed by atoms with E-state index < -0.39 is 24.2 Å². The van der Waals surface area contributed by atoms with Crippen LogP contribution in [0.2, 0.25) is 0 Å². The number of imide groups is 1. The van der Waals surface area contributed by atoms with E-state index in [-0.39, 0.29) is 54.7 Å². The molecule has 0 aromatic rings. The van der Waals surface area contributed by atoms with Crippen LogP contribution < -0.4 is 5.32 Å². The molecule has 35 heavy (non-hydrogen) atoms. The number of carbonyl (C=O) groups excluding carboxylic acids is 4. The number of hydrogen-bond acceptors (Lipinski definition) is 7. The summed E-state index contributed by atoms with van der Waals surface area (Å²) in [4.78, 5) is 48.6. The summed E-state index contributed by atoms with van der Waals surface area (Å²) in [6.07, 6.45) is 10.2. The Bertz CT molecular complexity index is 844. The summed E-state index contributed by atoms with van der Waals surface area (Å²) in [5, 5.41) is 13.0. The number of aliphatic hydroxyl groups is 1. The van der Waals surface area contributed by atoms with E-state index in [4.69, 9.17) is 9.47 Å². The van der Waals surface area contributed by atoms with E-state index in [2.05, 4.69) is 5.32 Å². The SMILES string of the molecule is CO[C@H]1C=CCCCCC(=O)O[C@H]([C@H](C)C(=O)C=CCC2CC(=O)NC(=O)C2)C(C)=C[C@@H](C)[C@@H]1O. The van der Waals surface area contributed by atoms with E-state index >= 15 is 0 Å². The number of aliphatic hydroxyl groups excluding tert-OH is 1. The number of ketones is 1. The Balaban J connectivity index is 2.16. The highest BCUT2D eigenvalue weighted by Gasteiger charge is 2.30. The van der Waals surface area contributed by atoms with Gasteiger partial charge in [0.15, 0.2) is 5.78 Å². The average molecular weight is 490 g/mol. The third-order valence-corrected chi connectivity index (χ3v) is 6.59. The Morgan fingerprint density at radius 2 is 1.94 bits per heavy atom. The largest absolute Gasteiger partial charge is 0.457 e. The normalized spacial score (nSPS) is 28.7. The number of ether oxygens (including phenoxy) is 2. The number of esters is 1. The van der Waals surface area contributed by atoms with Crippen molar-refractivity contribution in [3.8, 4) is 0 Å². The van der Waals surface area contributed by atoms with Gasteiger partial charge < -0.3 is 14.6 Å². The summed E-state index contributed by atoms with van der Waals surface area (Å²) < 4.78 is 11.2. The first-order chi connectivity index (χ1) is 16.6. The van der Waals surface area contributed by atoms with Crippen molar-refractivity contribution >= 4 is 23.6 Å². The molecule has 0 bridgehead atoms. The lowest BCUT2D eigenvalue weighted by atomic mass is 9.89. The van der Waals surface area contributed by atoms with Crippen molar-refractivity contribution in [3.05, 3.63) is 36.0 Å². The summed E-state index contributed by atoms with van der Waals surface area (Å²) in [6, 6.07) is 0. The molecule has 0 aliphatic carbocycles. The lowest BCUT2D eigenvalue weighted by Gasteiger charge is -2.27. The Morgan fingerprint density at radius 1 is 1.26 bits per heavy atom. The van der Waals surface area contributed by atoms with E-state index in [0.717, 1.165) is 12.8 Å². The van der Waals surface area contributed by atoms with Gasteiger partial charge in [0.1, 0.15) is 12.2 Å². The summed E-state index contributed by atoms with van der Waals surface area (Å²) >= 11 is 0. The van der Waals surface area contributed by atoms with Crippen LogP contribution in [0.5, 0.6) is 0 Å². The van der Waals surface area contributed by atoms with Gasteiger partial charge in [0.05, 0.1) is 12.0 Å². The van der Waals surface area contributed by atoms with Crippen LogP contribution in [-0.4, -0.2) is 54.1 Å². The fourth-order valence-electron chi connectivity index (χ4n) is 4.49. The minimum atomic E-state index is -0.799. The first kappa shape index (κ1) is 28.7. The molecule has 2 heterocycles. The second kappa shape index (κ2) is 14.1. The van der Waals surface area contributed by atoms with Crippen molar-refractivity contribution in [2.24, 2.45) is 17.8 Å². The summed E-state index contributed by atoms with van der Waals surface area (Å²) in [6.45, 7) is 5.36. The molecule has 2 aliphatic heterocycles. The molecule has 2 amide bonds. The number of allylic oxidation sites excluding steroid dienone is 3. The number of methoxy groups -OCH3 is 1. The monoisotopic (exact) mass is 489 g/mol. The van der Waals surface area contributed by atoms with Gasteiger partial charge in [-0.1, -0.05) is 38.2 Å². The van der Waals surface area contributed by atoms with Crippen molar-refractivity contribution in [1.29, 1.82) is 0 Å². The highest BCUT2D eigenvalue weighted by Crippen LogP contribution is 2.24. The predicted octanol–water partition coefficient (Wildman–Crippen LogP) is 3.19. The Kier molecular flexibility index (Phi) is 11.5. The maximum Gasteiger partial charge on any atom is 0.306 e. The standard InChI is InChI=1S/C27H39NO7/c1-17-14-18(2)27(35-25(32)13-8-6-5-7-12-22(34-4)26(17)33)19(3)21(29)11-9-10-20-15-23(30)28-24(31)16-20/h7,9,11-12,14,17,19-20,22,26-27,33H,5-6,8,10,13,15-16H2,1-4H3,(H,28,30,31)/t17-,19-,22+,26+,27+/m1/s1. The third-order valence-electron chi connectivity index (χ3n) is 6.59. The number of amides is 2. The molecule has 1 saturated heterocycles. The molecular weight excluding hydrogens is 450 g/mol. The van der Waals surface area contributed by atoms with Crippen LogP contribution in [-0.2, 0) is 28.7 Å². The van der Waals surface area contributed by atoms with E-state index in [0.29, 0.717) is 18.4 Å². The van der Waals surface area contributed by atoms with Crippen molar-refractivity contribution in [2.75, 3.05) is 7.11 Å². The number of carbonyl (C=O) groups is 4. The Morgan fingerprint density at radius 3 is 2.60 bits per heavy atom. The summed E-state index contributed by atoms with van der Waals surface area (Å²) in [5.74, 6) is -2.24. The smallest absolute Gasteiger partial charge is 0.306 e. The van der Waals surface area contributed by atoms with Crippen LogP contribution in [0, 0.1) is 17.8 Å². The first-order valence-corrected chi connectivity index (χ1v) is 12.4. The van der Waals surface area contributed by atoms with Gasteiger partial charge in [0, 0.05) is 32.3 Å². The maximum atomic E-state index is 13.0. The van der Waals surface area contributed by atoms with Crippen molar-refractivity contribution in [3.63, 3.8) is 0 Å². The van der Waals surface area contributed by atoms with Crippen LogP contribution in [0.25, 0.3) is 0 Å². The van der Waals surface area contributed by atoms with Gasteiger partial charge in [0.2, 0.25) is 11.8 Å². The molecule has 2 N–H and O–H groups in total. The van der Waals surface area contributed by atoms with Gasteiger partial charge in [0.25, 0.3) is 0 Å². The fourth-order valence-corrected chi connectivity index (χ4v) is 4.49. The van der Waals surface area contributed by atoms with Crippen LogP contribution in [0.15, 0.2) is 36.0 Å². The molecule has 2 aliphatic rings. The molecule has 0 spiro atoms. The zero-order chi connectivity index (χ0) is 26.0. The minimum absolute atomic E-state index is 0.130. The second-order valence-corrected chi connectivity index (χ2v) is 9.62. The molecule has 2 rings (SSSR count). The molecule has 8 heteroatoms. The third kappa shape index (κ3) is 9.18. The predicted molar refractivity (Wildman–Crippen MR) is 131 cm³/mol. The lowest BCUT2D eigenvalue weighted by Crippen LogP contribution is -2.38. The van der Waals surface area contributed by atoms with Gasteiger partial charge in [-0.25, -0.2) is 0 Å². The minimum Gasteiger partial charge on any atom is -0.457 e. The van der Waals surface area contributed by atoms with Gasteiger partial charge in [-0.3, -0.25) is 24.5 Å². The molecule has 0 unspecified atom stereocenters. The van der Waals surface area contributed by atoms with Crippen LogP contribution in [0.3, 0.4) is 0 Å². The zero-order valence-electron chi connectivity index (χ0n) is 21.2. The van der Waals surface area contributed by atoms with Crippen LogP contribution in [0.4, 0.5) is 0 Å². The fraction of sp³-hybridized carbons (Fsp3) is 0.630. The number of hydrogen-bond donors (Lipinski definition) is 2. The van der Waals surface area contributed by atoms with E-state index in [1.54, 1.807) is 27.0 Å². The van der Waals surface area contributed by atoms with Crippen molar-refractivity contribution < 1.29 is 33.8 Å². The molecule has 5 atom stereocenters. The van der Waals surface area contributed by atoms with Gasteiger partial charge in [-0.05, 0) is 50.2 Å². The van der Waals surface area contributed by atoms with Crippen molar-refractivity contribution in [1.82, 2.24) is 5.32 Å². The van der Waals surface area contributed by atoms with Gasteiger partial charge in [-0.15, -0.1) is 0 Å². The number of nitrogens with one attached hydrogen (secondary N) is 1. The zero-order valence-corrected chi connectivity index (χ0v) is 21.2. The quantitative estimate of drug-likeness (QED) is 0.254. The Hall–Kier alpha value is -2.58. The number of cyclic esters (lactones) is 1. The molecule has 0 aromatic carbocycles. The summed E-state index contributed by atoms with van der Waals surface area (Å²) in [7, 11) is 1.55. The molecule has 0 saturated carbocycles. The topological polar surface area (TPSA) is 119 Å². The molecular formula is C27H39NO7. The second-order valence-electron chi connectivity index (χ2n) is 9.62. The Labute approximate surface area is 207 Å². The average Bonchev–Trinajstić information content (AvgIpc) is 2.79. The van der Waals surface area contributed by atoms with Crippen LogP contribution >= 0.6 is 0 Å². The first-order valence-electron chi connectivity index (χ1n) is 12.4. The summed E-state index contributed by atoms with van der Waals surface area (Å²) in [5.41, 5.74) is 0.685. The molecule has 0 radical (unpaired) electrons. The molecule has 0 aromatic heterocycles. The highest BCUT2D eigenvalue weighted by atomic mass is 16.5. The van der Waals surface area contributed by atoms with Gasteiger partial charge >= 0.3 is 5.97 Å². The maximum absolute atomic E-state index is 13.0. The van der Waals surface area contributed by atoms with Crippen LogP contribution in [0.1, 0.15) is 65.7 Å². The highest BCUT2D eigenvalue weighted by molar-refractivity contribution is 5.97. The molecule has 8 nitrogen and oxygen atoms in total. The lowest BCUT2D eigenvalue weighted by molar-refractivity contribution is -0.150. The molecule has 1 fully saturated rings. The van der Waals surface area contributed by atoms with E-state index in [9.17, 15) is 24.3 Å². The van der Waals surface area contributed by atoms with Gasteiger partial charge in [-0.2, -0.15) is 0 Å². The molecule has 194 valence electrons. The van der Waals surface area contributed by atoms with E-state index in [1.807, 2.05) is 25.2 Å². The number of rotatable bonds is 6. The van der Waals surface area contributed by atoms with E-state index in [1.165, 1.54) is 6.08 Å².